The van der Waals surface area contributed by atoms with Crippen LogP contribution >= 0.6 is 11.3 Å². The van der Waals surface area contributed by atoms with Crippen LogP contribution in [0.4, 0.5) is 18.9 Å². The molecule has 6 nitrogen and oxygen atoms in total. The topological polar surface area (TPSA) is 88.0 Å². The van der Waals surface area contributed by atoms with E-state index in [0.29, 0.717) is 46.0 Å². The van der Waals surface area contributed by atoms with Gasteiger partial charge in [-0.1, -0.05) is 24.3 Å². The predicted octanol–water partition coefficient (Wildman–Crippen LogP) is 4.55. The first-order valence-corrected chi connectivity index (χ1v) is 11.0. The molecule has 0 spiro atoms. The van der Waals surface area contributed by atoms with Crippen LogP contribution in [0.15, 0.2) is 24.4 Å². The summed E-state index contributed by atoms with van der Waals surface area (Å²) in [4.78, 5) is 26.6. The number of thiazole rings is 1. The number of carbonyl (C=O) groups excluding carboxylic acids is 1. The Morgan fingerprint density at radius 1 is 1.28 bits per heavy atom. The zero-order valence-corrected chi connectivity index (χ0v) is 18.7. The minimum atomic E-state index is -4.40. The number of alkyl halides is 3. The van der Waals surface area contributed by atoms with E-state index >= 15 is 0 Å². The number of anilines is 1. The molecule has 3 aromatic rings. The molecule has 32 heavy (non-hydrogen) atoms. The first-order chi connectivity index (χ1) is 14.9. The standard InChI is InChI=1S/C22H23F3N4O2S/c1-20(2,22(23,24)25)16-5-4-12-9-21(3,7-6-14(12)28-16)19(31)27-13-8-15-18(26-10-13)32-17(11-30)29-15/h4-5,8,10,30H,6-7,9,11H2,1-3H3,(H,27,31)/t21-/m0/s1. The minimum Gasteiger partial charge on any atom is -0.389 e. The van der Waals surface area contributed by atoms with E-state index in [2.05, 4.69) is 20.3 Å². The maximum atomic E-state index is 13.4. The molecule has 0 fully saturated rings. The summed E-state index contributed by atoms with van der Waals surface area (Å²) < 4.78 is 40.2. The molecule has 0 aliphatic heterocycles. The second-order valence-corrected chi connectivity index (χ2v) is 9.99. The molecule has 1 aliphatic carbocycles. The average molecular weight is 465 g/mol. The molecule has 0 saturated heterocycles. The maximum absolute atomic E-state index is 13.4. The molecule has 1 aliphatic rings. The van der Waals surface area contributed by atoms with E-state index in [1.807, 2.05) is 6.92 Å². The Labute approximate surface area is 186 Å². The number of aliphatic hydroxyl groups excluding tert-OH is 1. The number of nitrogens with zero attached hydrogens (tertiary/aromatic N) is 3. The number of aromatic nitrogens is 3. The van der Waals surface area contributed by atoms with Crippen LogP contribution in [0.5, 0.6) is 0 Å². The fourth-order valence-electron chi connectivity index (χ4n) is 3.78. The fraction of sp³-hybridized carbons (Fsp3) is 0.455. The van der Waals surface area contributed by atoms with Gasteiger partial charge in [-0.3, -0.25) is 9.78 Å². The Kier molecular flexibility index (Phi) is 5.49. The fourth-order valence-corrected chi connectivity index (χ4v) is 4.53. The van der Waals surface area contributed by atoms with Crippen molar-refractivity contribution in [3.8, 4) is 0 Å². The Bertz CT molecular complexity index is 1190. The Morgan fingerprint density at radius 2 is 2.03 bits per heavy atom. The molecule has 4 rings (SSSR count). The highest BCUT2D eigenvalue weighted by atomic mass is 32.1. The summed E-state index contributed by atoms with van der Waals surface area (Å²) in [6.07, 6.45) is -1.58. The molecule has 0 saturated carbocycles. The Hall–Kier alpha value is -2.59. The van der Waals surface area contributed by atoms with Crippen molar-refractivity contribution >= 4 is 33.3 Å². The second kappa shape index (κ2) is 7.77. The summed E-state index contributed by atoms with van der Waals surface area (Å²) in [6, 6.07) is 4.78. The van der Waals surface area contributed by atoms with Gasteiger partial charge in [-0.25, -0.2) is 9.97 Å². The van der Waals surface area contributed by atoms with Crippen molar-refractivity contribution in [1.29, 1.82) is 0 Å². The van der Waals surface area contributed by atoms with E-state index in [0.717, 1.165) is 19.4 Å². The first-order valence-electron chi connectivity index (χ1n) is 10.2. The molecule has 2 N–H and O–H groups in total. The summed E-state index contributed by atoms with van der Waals surface area (Å²) >= 11 is 1.29. The summed E-state index contributed by atoms with van der Waals surface area (Å²) in [5.41, 5.74) is -0.282. The van der Waals surface area contributed by atoms with Gasteiger partial charge in [0.05, 0.1) is 29.6 Å². The largest absolute Gasteiger partial charge is 0.399 e. The van der Waals surface area contributed by atoms with Gasteiger partial charge in [-0.2, -0.15) is 13.2 Å². The van der Waals surface area contributed by atoms with E-state index in [4.69, 9.17) is 0 Å². The summed E-state index contributed by atoms with van der Waals surface area (Å²) in [5.74, 6) is -0.193. The number of aliphatic hydroxyl groups is 1. The lowest BCUT2D eigenvalue weighted by molar-refractivity contribution is -0.181. The van der Waals surface area contributed by atoms with Gasteiger partial charge in [0.2, 0.25) is 5.91 Å². The number of pyridine rings is 2. The molecule has 1 amide bonds. The van der Waals surface area contributed by atoms with E-state index in [9.17, 15) is 23.1 Å². The number of rotatable bonds is 4. The molecule has 10 heteroatoms. The van der Waals surface area contributed by atoms with E-state index in [1.54, 1.807) is 18.3 Å². The number of halogens is 3. The van der Waals surface area contributed by atoms with Crippen LogP contribution in [0.3, 0.4) is 0 Å². The van der Waals surface area contributed by atoms with Crippen molar-refractivity contribution in [2.45, 2.75) is 58.2 Å². The van der Waals surface area contributed by atoms with Crippen LogP contribution in [-0.4, -0.2) is 32.1 Å². The van der Waals surface area contributed by atoms with Crippen molar-refractivity contribution in [2.24, 2.45) is 5.41 Å². The third-order valence-electron chi connectivity index (χ3n) is 6.14. The van der Waals surface area contributed by atoms with Gasteiger partial charge in [0.15, 0.2) is 0 Å². The number of hydrogen-bond acceptors (Lipinski definition) is 6. The Balaban J connectivity index is 1.53. The van der Waals surface area contributed by atoms with Gasteiger partial charge < -0.3 is 10.4 Å². The van der Waals surface area contributed by atoms with Gasteiger partial charge in [0.25, 0.3) is 0 Å². The van der Waals surface area contributed by atoms with E-state index in [-0.39, 0.29) is 18.2 Å². The second-order valence-electron chi connectivity index (χ2n) is 8.93. The molecule has 3 heterocycles. The van der Waals surface area contributed by atoms with Crippen molar-refractivity contribution < 1.29 is 23.1 Å². The lowest BCUT2D eigenvalue weighted by Gasteiger charge is -2.34. The molecule has 0 aromatic carbocycles. The van der Waals surface area contributed by atoms with Gasteiger partial charge in [0.1, 0.15) is 20.8 Å². The minimum absolute atomic E-state index is 0.0123. The highest BCUT2D eigenvalue weighted by Crippen LogP contribution is 2.41. The monoisotopic (exact) mass is 464 g/mol. The number of nitrogens with one attached hydrogen (secondary N) is 1. The number of hydrogen-bond donors (Lipinski definition) is 2. The zero-order valence-electron chi connectivity index (χ0n) is 17.9. The van der Waals surface area contributed by atoms with Gasteiger partial charge >= 0.3 is 6.18 Å². The molecule has 0 radical (unpaired) electrons. The number of carbonyl (C=O) groups is 1. The van der Waals surface area contributed by atoms with E-state index in [1.165, 1.54) is 17.4 Å². The molecule has 0 unspecified atom stereocenters. The quantitative estimate of drug-likeness (QED) is 0.591. The molecular weight excluding hydrogens is 441 g/mol. The average Bonchev–Trinajstić information content (AvgIpc) is 3.15. The van der Waals surface area contributed by atoms with Crippen molar-refractivity contribution in [3.05, 3.63) is 46.4 Å². The number of aryl methyl sites for hydroxylation is 1. The molecule has 1 atom stereocenters. The van der Waals surface area contributed by atoms with Crippen LogP contribution in [0.1, 0.15) is 49.2 Å². The smallest absolute Gasteiger partial charge is 0.389 e. The Morgan fingerprint density at radius 3 is 2.72 bits per heavy atom. The van der Waals surface area contributed by atoms with Gasteiger partial charge in [-0.05, 0) is 50.8 Å². The zero-order chi connectivity index (χ0) is 23.3. The lowest BCUT2D eigenvalue weighted by atomic mass is 9.73. The third kappa shape index (κ3) is 3.97. The molecule has 0 bridgehead atoms. The van der Waals surface area contributed by atoms with Crippen LogP contribution in [0.25, 0.3) is 10.3 Å². The summed E-state index contributed by atoms with van der Waals surface area (Å²) in [5, 5.41) is 12.7. The van der Waals surface area contributed by atoms with Gasteiger partial charge in [0, 0.05) is 5.69 Å². The van der Waals surface area contributed by atoms with Crippen molar-refractivity contribution in [3.63, 3.8) is 0 Å². The number of amides is 1. The van der Waals surface area contributed by atoms with Crippen molar-refractivity contribution in [2.75, 3.05) is 5.32 Å². The van der Waals surface area contributed by atoms with Crippen LogP contribution < -0.4 is 5.32 Å². The summed E-state index contributed by atoms with van der Waals surface area (Å²) in [6.45, 7) is 3.92. The van der Waals surface area contributed by atoms with Crippen LogP contribution in [-0.2, 0) is 29.7 Å². The van der Waals surface area contributed by atoms with Crippen LogP contribution in [0, 0.1) is 5.41 Å². The maximum Gasteiger partial charge on any atom is 0.399 e. The highest BCUT2D eigenvalue weighted by Gasteiger charge is 2.50. The SMILES string of the molecule is CC(C)(c1ccc2c(n1)CC[C@](C)(C(=O)Nc1cnc3sc(CO)nc3c1)C2)C(F)(F)F. The van der Waals surface area contributed by atoms with E-state index < -0.39 is 17.0 Å². The van der Waals surface area contributed by atoms with Gasteiger partial charge in [-0.15, -0.1) is 0 Å². The highest BCUT2D eigenvalue weighted by molar-refractivity contribution is 7.18. The number of fused-ring (bicyclic) bond motifs is 2. The molecular formula is C22H23F3N4O2S. The first kappa shape index (κ1) is 22.6. The predicted molar refractivity (Wildman–Crippen MR) is 115 cm³/mol. The normalized spacial score (nSPS) is 19.1. The lowest BCUT2D eigenvalue weighted by Crippen LogP contribution is -2.40. The summed E-state index contributed by atoms with van der Waals surface area (Å²) in [7, 11) is 0. The third-order valence-corrected chi connectivity index (χ3v) is 7.11. The van der Waals surface area contributed by atoms with Crippen molar-refractivity contribution in [1.82, 2.24) is 15.0 Å². The molecule has 3 aromatic heterocycles. The molecule has 170 valence electrons. The van der Waals surface area contributed by atoms with Crippen LogP contribution in [0.2, 0.25) is 0 Å².